The van der Waals surface area contributed by atoms with E-state index in [1.165, 1.54) is 0 Å². The lowest BCUT2D eigenvalue weighted by atomic mass is 10.1. The van der Waals surface area contributed by atoms with Gasteiger partial charge < -0.3 is 0 Å². The van der Waals surface area contributed by atoms with Crippen LogP contribution in [0.5, 0.6) is 0 Å². The Hall–Kier alpha value is -0.120. The predicted molar refractivity (Wildman–Crippen MR) is 31.4 cm³/mol. The van der Waals surface area contributed by atoms with Crippen LogP contribution in [-0.4, -0.2) is 12.7 Å². The van der Waals surface area contributed by atoms with Gasteiger partial charge >= 0.3 is 0 Å². The third-order valence-electron chi connectivity index (χ3n) is 1.36. The van der Waals surface area contributed by atoms with Crippen molar-refractivity contribution in [2.24, 2.45) is 0 Å². The fourth-order valence-corrected chi connectivity index (χ4v) is 0.859. The zero-order valence-corrected chi connectivity index (χ0v) is 5.63. The number of hydrogen-bond acceptors (Lipinski definition) is 3. The van der Waals surface area contributed by atoms with Gasteiger partial charge in [-0.05, 0) is 6.42 Å². The molecule has 3 heteroatoms. The summed E-state index contributed by atoms with van der Waals surface area (Å²) in [6.07, 6.45) is 3.40. The Bertz CT molecular complexity index is 65.9. The predicted octanol–water partition coefficient (Wildman–Crippen LogP) is 1.44. The molecule has 0 aromatic heterocycles. The molecule has 0 aliphatic carbocycles. The maximum Gasteiger partial charge on any atom is 0.0984 e. The third-order valence-corrected chi connectivity index (χ3v) is 1.36. The van der Waals surface area contributed by atoms with Crippen molar-refractivity contribution >= 4 is 0 Å². The van der Waals surface area contributed by atoms with Crippen LogP contribution >= 0.6 is 0 Å². The standard InChI is InChI=1S/C6H12O3/c1-2-3-6-4-5-7-9-8-6/h6H,2-5H2,1H3. The lowest BCUT2D eigenvalue weighted by Crippen LogP contribution is -2.21. The van der Waals surface area contributed by atoms with Gasteiger partial charge in [0.2, 0.25) is 0 Å². The number of rotatable bonds is 2. The van der Waals surface area contributed by atoms with Crippen molar-refractivity contribution in [2.75, 3.05) is 6.61 Å². The molecule has 0 bridgehead atoms. The molecule has 0 spiro atoms. The Morgan fingerprint density at radius 2 is 2.44 bits per heavy atom. The summed E-state index contributed by atoms with van der Waals surface area (Å²) >= 11 is 0. The average Bonchev–Trinajstić information content (AvgIpc) is 1.91. The third kappa shape index (κ3) is 2.30. The number of hydrogen-bond donors (Lipinski definition) is 0. The molecule has 0 aromatic rings. The summed E-state index contributed by atoms with van der Waals surface area (Å²) < 4.78 is 0. The Morgan fingerprint density at radius 1 is 1.56 bits per heavy atom. The largest absolute Gasteiger partial charge is 0.206 e. The van der Waals surface area contributed by atoms with Gasteiger partial charge in [0.1, 0.15) is 0 Å². The van der Waals surface area contributed by atoms with Crippen molar-refractivity contribution in [1.82, 2.24) is 0 Å². The minimum absolute atomic E-state index is 0.253. The molecule has 3 nitrogen and oxygen atoms in total. The molecule has 1 aliphatic heterocycles. The van der Waals surface area contributed by atoms with E-state index in [0.29, 0.717) is 6.61 Å². The molecule has 9 heavy (non-hydrogen) atoms. The first kappa shape index (κ1) is 6.99. The van der Waals surface area contributed by atoms with Crippen LogP contribution in [0.1, 0.15) is 26.2 Å². The van der Waals surface area contributed by atoms with Crippen molar-refractivity contribution in [3.63, 3.8) is 0 Å². The van der Waals surface area contributed by atoms with Gasteiger partial charge in [0.25, 0.3) is 0 Å². The van der Waals surface area contributed by atoms with Crippen molar-refractivity contribution in [3.8, 4) is 0 Å². The molecular formula is C6H12O3. The van der Waals surface area contributed by atoms with E-state index in [4.69, 9.17) is 4.89 Å². The molecule has 0 radical (unpaired) electrons. The maximum atomic E-state index is 4.80. The quantitative estimate of drug-likeness (QED) is 0.532. The normalized spacial score (nSPS) is 28.3. The van der Waals surface area contributed by atoms with Crippen molar-refractivity contribution in [3.05, 3.63) is 0 Å². The van der Waals surface area contributed by atoms with Crippen LogP contribution in [-0.2, 0) is 14.8 Å². The second kappa shape index (κ2) is 3.82. The smallest absolute Gasteiger partial charge is 0.0984 e. The minimum Gasteiger partial charge on any atom is -0.206 e. The van der Waals surface area contributed by atoms with E-state index in [1.54, 1.807) is 0 Å². The van der Waals surface area contributed by atoms with Crippen molar-refractivity contribution in [1.29, 1.82) is 0 Å². The second-order valence-electron chi connectivity index (χ2n) is 2.19. The maximum absolute atomic E-state index is 4.80. The van der Waals surface area contributed by atoms with Crippen molar-refractivity contribution < 1.29 is 14.8 Å². The van der Waals surface area contributed by atoms with Gasteiger partial charge in [0.15, 0.2) is 0 Å². The molecule has 54 valence electrons. The van der Waals surface area contributed by atoms with Crippen molar-refractivity contribution in [2.45, 2.75) is 32.3 Å². The van der Waals surface area contributed by atoms with Gasteiger partial charge in [-0.1, -0.05) is 18.4 Å². The van der Waals surface area contributed by atoms with Crippen LogP contribution < -0.4 is 0 Å². The Balaban J connectivity index is 2.08. The summed E-state index contributed by atoms with van der Waals surface area (Å²) in [6, 6.07) is 0. The summed E-state index contributed by atoms with van der Waals surface area (Å²) in [5, 5.41) is 4.33. The summed E-state index contributed by atoms with van der Waals surface area (Å²) in [6.45, 7) is 2.78. The molecule has 1 atom stereocenters. The fourth-order valence-electron chi connectivity index (χ4n) is 0.859. The molecule has 0 saturated carbocycles. The van der Waals surface area contributed by atoms with E-state index in [9.17, 15) is 0 Å². The lowest BCUT2D eigenvalue weighted by Gasteiger charge is -2.18. The van der Waals surface area contributed by atoms with E-state index < -0.39 is 0 Å². The molecule has 1 fully saturated rings. The molecule has 0 amide bonds. The molecule has 0 N–H and O–H groups in total. The molecule has 1 aliphatic rings. The van der Waals surface area contributed by atoms with Crippen LogP contribution in [0.15, 0.2) is 0 Å². The zero-order valence-electron chi connectivity index (χ0n) is 5.63. The highest BCUT2D eigenvalue weighted by Crippen LogP contribution is 2.11. The van der Waals surface area contributed by atoms with Crippen LogP contribution in [0.25, 0.3) is 0 Å². The van der Waals surface area contributed by atoms with E-state index >= 15 is 0 Å². The topological polar surface area (TPSA) is 27.7 Å². The highest BCUT2D eigenvalue weighted by Gasteiger charge is 2.14. The zero-order chi connectivity index (χ0) is 6.53. The SMILES string of the molecule is CCCC1CCOOO1. The van der Waals surface area contributed by atoms with E-state index in [0.717, 1.165) is 19.3 Å². The van der Waals surface area contributed by atoms with Gasteiger partial charge in [0.05, 0.1) is 12.7 Å². The summed E-state index contributed by atoms with van der Waals surface area (Å²) in [7, 11) is 0. The fraction of sp³-hybridized carbons (Fsp3) is 1.00. The Morgan fingerprint density at radius 3 is 3.00 bits per heavy atom. The summed E-state index contributed by atoms with van der Waals surface area (Å²) in [5.41, 5.74) is 0. The monoisotopic (exact) mass is 132 g/mol. The summed E-state index contributed by atoms with van der Waals surface area (Å²) in [4.78, 5) is 9.32. The molecule has 1 rings (SSSR count). The van der Waals surface area contributed by atoms with Crippen LogP contribution in [0.4, 0.5) is 0 Å². The second-order valence-corrected chi connectivity index (χ2v) is 2.19. The average molecular weight is 132 g/mol. The van der Waals surface area contributed by atoms with E-state index in [1.807, 2.05) is 0 Å². The van der Waals surface area contributed by atoms with Gasteiger partial charge in [-0.25, -0.2) is 9.78 Å². The minimum atomic E-state index is 0.253. The lowest BCUT2D eigenvalue weighted by molar-refractivity contribution is -0.549. The van der Waals surface area contributed by atoms with Crippen LogP contribution in [0.3, 0.4) is 0 Å². The molecule has 1 heterocycles. The Kier molecular flexibility index (Phi) is 2.97. The van der Waals surface area contributed by atoms with E-state index in [-0.39, 0.29) is 6.10 Å². The highest BCUT2D eigenvalue weighted by atomic mass is 17.5. The first-order valence-corrected chi connectivity index (χ1v) is 3.38. The molecule has 0 aromatic carbocycles. The molecular weight excluding hydrogens is 120 g/mol. The van der Waals surface area contributed by atoms with Gasteiger partial charge in [-0.3, -0.25) is 0 Å². The van der Waals surface area contributed by atoms with Gasteiger partial charge in [-0.15, -0.1) is 0 Å². The molecule has 1 saturated heterocycles. The highest BCUT2D eigenvalue weighted by molar-refractivity contribution is 4.54. The summed E-state index contributed by atoms with van der Waals surface area (Å²) in [5.74, 6) is 0. The van der Waals surface area contributed by atoms with Gasteiger partial charge in [-0.2, -0.15) is 0 Å². The van der Waals surface area contributed by atoms with E-state index in [2.05, 4.69) is 16.8 Å². The first-order valence-electron chi connectivity index (χ1n) is 3.38. The molecule has 1 unspecified atom stereocenters. The Labute approximate surface area is 54.8 Å². The van der Waals surface area contributed by atoms with Crippen LogP contribution in [0, 0.1) is 0 Å². The first-order chi connectivity index (χ1) is 4.43. The van der Waals surface area contributed by atoms with Gasteiger partial charge in [0, 0.05) is 6.42 Å². The van der Waals surface area contributed by atoms with Crippen LogP contribution in [0.2, 0.25) is 0 Å².